The van der Waals surface area contributed by atoms with Crippen LogP contribution in [0.2, 0.25) is 0 Å². The fourth-order valence-corrected chi connectivity index (χ4v) is 2.41. The zero-order valence-electron chi connectivity index (χ0n) is 12.7. The molecule has 1 amide bonds. The maximum Gasteiger partial charge on any atom is 0.225 e. The summed E-state index contributed by atoms with van der Waals surface area (Å²) in [6, 6.07) is 0.533. The molecule has 0 bridgehead atoms. The molecule has 1 saturated heterocycles. The van der Waals surface area contributed by atoms with E-state index in [1.165, 1.54) is 6.42 Å². The Labute approximate surface area is 112 Å². The monoisotopic (exact) mass is 254 g/mol. The van der Waals surface area contributed by atoms with Crippen molar-refractivity contribution < 1.29 is 4.79 Å². The van der Waals surface area contributed by atoms with Gasteiger partial charge in [-0.15, -0.1) is 0 Å². The average molecular weight is 254 g/mol. The first kappa shape index (κ1) is 15.5. The van der Waals surface area contributed by atoms with Gasteiger partial charge in [0.2, 0.25) is 5.91 Å². The lowest BCUT2D eigenvalue weighted by Crippen LogP contribution is -2.46. The molecule has 0 radical (unpaired) electrons. The van der Waals surface area contributed by atoms with Gasteiger partial charge in [-0.1, -0.05) is 34.6 Å². The quantitative estimate of drug-likeness (QED) is 0.817. The zero-order valence-corrected chi connectivity index (χ0v) is 12.7. The molecule has 0 aromatic heterocycles. The van der Waals surface area contributed by atoms with E-state index in [1.54, 1.807) is 0 Å². The van der Waals surface area contributed by atoms with Crippen molar-refractivity contribution in [2.75, 3.05) is 19.6 Å². The van der Waals surface area contributed by atoms with Crippen LogP contribution in [-0.2, 0) is 4.79 Å². The van der Waals surface area contributed by atoms with Gasteiger partial charge in [0.1, 0.15) is 0 Å². The molecule has 0 aromatic rings. The van der Waals surface area contributed by atoms with E-state index in [4.69, 9.17) is 0 Å². The average Bonchev–Trinajstić information content (AvgIpc) is 2.34. The van der Waals surface area contributed by atoms with Crippen LogP contribution in [0.3, 0.4) is 0 Å². The highest BCUT2D eigenvalue weighted by atomic mass is 16.2. The molecule has 1 N–H and O–H groups in total. The Kier molecular flexibility index (Phi) is 6.13. The number of carbonyl (C=O) groups is 1. The van der Waals surface area contributed by atoms with Crippen LogP contribution in [0.1, 0.15) is 47.5 Å². The van der Waals surface area contributed by atoms with Gasteiger partial charge in [-0.25, -0.2) is 0 Å². The fourth-order valence-electron chi connectivity index (χ4n) is 2.41. The molecular weight excluding hydrogens is 224 g/mol. The lowest BCUT2D eigenvalue weighted by Gasteiger charge is -2.35. The number of amides is 1. The number of likely N-dealkylation sites (tertiary alicyclic amines) is 1. The van der Waals surface area contributed by atoms with Crippen molar-refractivity contribution in [3.8, 4) is 0 Å². The standard InChI is InChI=1S/C15H30N2O/c1-11(2)13(5)15(18)17-8-6-7-14(10-17)9-16-12(3)4/h11-14,16H,6-10H2,1-5H3. The Hall–Kier alpha value is -0.570. The van der Waals surface area contributed by atoms with E-state index in [9.17, 15) is 4.79 Å². The fraction of sp³-hybridized carbons (Fsp3) is 0.933. The van der Waals surface area contributed by atoms with E-state index < -0.39 is 0 Å². The van der Waals surface area contributed by atoms with E-state index in [0.29, 0.717) is 23.8 Å². The van der Waals surface area contributed by atoms with Gasteiger partial charge in [0.15, 0.2) is 0 Å². The number of rotatable bonds is 5. The molecule has 2 unspecified atom stereocenters. The molecule has 1 rings (SSSR count). The minimum absolute atomic E-state index is 0.154. The van der Waals surface area contributed by atoms with E-state index in [-0.39, 0.29) is 5.92 Å². The van der Waals surface area contributed by atoms with Crippen LogP contribution in [0.25, 0.3) is 0 Å². The summed E-state index contributed by atoms with van der Waals surface area (Å²) in [5.74, 6) is 1.57. The van der Waals surface area contributed by atoms with Crippen LogP contribution in [-0.4, -0.2) is 36.5 Å². The molecular formula is C15H30N2O. The van der Waals surface area contributed by atoms with E-state index in [1.807, 2.05) is 0 Å². The van der Waals surface area contributed by atoms with Crippen LogP contribution in [0.4, 0.5) is 0 Å². The van der Waals surface area contributed by atoms with E-state index in [2.05, 4.69) is 44.8 Å². The first-order chi connectivity index (χ1) is 8.41. The van der Waals surface area contributed by atoms with Crippen LogP contribution < -0.4 is 5.32 Å². The Morgan fingerprint density at radius 1 is 1.28 bits per heavy atom. The van der Waals surface area contributed by atoms with Gasteiger partial charge in [-0.2, -0.15) is 0 Å². The molecule has 2 atom stereocenters. The summed E-state index contributed by atoms with van der Waals surface area (Å²) in [6.45, 7) is 13.6. The number of piperidine rings is 1. The molecule has 0 aliphatic carbocycles. The molecule has 18 heavy (non-hydrogen) atoms. The van der Waals surface area contributed by atoms with Gasteiger partial charge in [0.25, 0.3) is 0 Å². The summed E-state index contributed by atoms with van der Waals surface area (Å²) in [5.41, 5.74) is 0. The minimum Gasteiger partial charge on any atom is -0.342 e. The topological polar surface area (TPSA) is 32.3 Å². The molecule has 0 saturated carbocycles. The van der Waals surface area contributed by atoms with Gasteiger partial charge in [0.05, 0.1) is 0 Å². The largest absolute Gasteiger partial charge is 0.342 e. The van der Waals surface area contributed by atoms with E-state index >= 15 is 0 Å². The highest BCUT2D eigenvalue weighted by molar-refractivity contribution is 5.78. The normalized spacial score (nSPS) is 22.6. The number of nitrogens with one attached hydrogen (secondary N) is 1. The Balaban J connectivity index is 2.45. The van der Waals surface area contributed by atoms with Gasteiger partial charge in [0, 0.05) is 25.0 Å². The zero-order chi connectivity index (χ0) is 13.7. The summed E-state index contributed by atoms with van der Waals surface area (Å²) in [6.07, 6.45) is 2.40. The van der Waals surface area contributed by atoms with Crippen molar-refractivity contribution in [1.29, 1.82) is 0 Å². The Morgan fingerprint density at radius 2 is 1.94 bits per heavy atom. The third-order valence-corrected chi connectivity index (χ3v) is 4.03. The smallest absolute Gasteiger partial charge is 0.225 e. The van der Waals surface area contributed by atoms with Crippen LogP contribution in [0.5, 0.6) is 0 Å². The summed E-state index contributed by atoms with van der Waals surface area (Å²) in [5, 5.41) is 3.49. The highest BCUT2D eigenvalue weighted by Gasteiger charge is 2.27. The predicted octanol–water partition coefficient (Wildman–Crippen LogP) is 2.52. The second-order valence-electron chi connectivity index (χ2n) is 6.39. The molecule has 3 heteroatoms. The third kappa shape index (κ3) is 4.60. The van der Waals surface area contributed by atoms with Crippen molar-refractivity contribution in [2.24, 2.45) is 17.8 Å². The van der Waals surface area contributed by atoms with Crippen molar-refractivity contribution in [1.82, 2.24) is 10.2 Å². The van der Waals surface area contributed by atoms with Gasteiger partial charge < -0.3 is 10.2 Å². The summed E-state index contributed by atoms with van der Waals surface area (Å²) in [7, 11) is 0. The second-order valence-corrected chi connectivity index (χ2v) is 6.39. The maximum absolute atomic E-state index is 12.3. The summed E-state index contributed by atoms with van der Waals surface area (Å²) < 4.78 is 0. The van der Waals surface area contributed by atoms with Gasteiger partial charge in [-0.05, 0) is 31.2 Å². The molecule has 1 aliphatic rings. The van der Waals surface area contributed by atoms with Crippen LogP contribution >= 0.6 is 0 Å². The van der Waals surface area contributed by atoms with Crippen LogP contribution in [0.15, 0.2) is 0 Å². The number of carbonyl (C=O) groups excluding carboxylic acids is 1. The van der Waals surface area contributed by atoms with Crippen LogP contribution in [0, 0.1) is 17.8 Å². The second kappa shape index (κ2) is 7.13. The van der Waals surface area contributed by atoms with Gasteiger partial charge in [-0.3, -0.25) is 4.79 Å². The lowest BCUT2D eigenvalue weighted by atomic mass is 9.93. The van der Waals surface area contributed by atoms with Crippen molar-refractivity contribution in [3.05, 3.63) is 0 Å². The number of nitrogens with zero attached hydrogens (tertiary/aromatic N) is 1. The third-order valence-electron chi connectivity index (χ3n) is 4.03. The van der Waals surface area contributed by atoms with Crippen molar-refractivity contribution in [2.45, 2.75) is 53.5 Å². The molecule has 0 spiro atoms. The highest BCUT2D eigenvalue weighted by Crippen LogP contribution is 2.20. The molecule has 0 aromatic carbocycles. The van der Waals surface area contributed by atoms with Crippen molar-refractivity contribution >= 4 is 5.91 Å². The molecule has 106 valence electrons. The Morgan fingerprint density at radius 3 is 2.50 bits per heavy atom. The molecule has 1 fully saturated rings. The first-order valence-electron chi connectivity index (χ1n) is 7.44. The summed E-state index contributed by atoms with van der Waals surface area (Å²) in [4.78, 5) is 14.4. The maximum atomic E-state index is 12.3. The molecule has 3 nitrogen and oxygen atoms in total. The Bertz CT molecular complexity index is 263. The molecule has 1 heterocycles. The number of hydrogen-bond acceptors (Lipinski definition) is 2. The lowest BCUT2D eigenvalue weighted by molar-refractivity contribution is -0.138. The predicted molar refractivity (Wildman–Crippen MR) is 76.4 cm³/mol. The first-order valence-corrected chi connectivity index (χ1v) is 7.44. The summed E-state index contributed by atoms with van der Waals surface area (Å²) >= 11 is 0. The van der Waals surface area contributed by atoms with E-state index in [0.717, 1.165) is 26.1 Å². The van der Waals surface area contributed by atoms with Gasteiger partial charge >= 0.3 is 0 Å². The minimum atomic E-state index is 0.154. The SMILES string of the molecule is CC(C)NCC1CCCN(C(=O)C(C)C(C)C)C1. The number of hydrogen-bond donors (Lipinski definition) is 1. The molecule has 1 aliphatic heterocycles. The van der Waals surface area contributed by atoms with Crippen molar-refractivity contribution in [3.63, 3.8) is 0 Å².